The van der Waals surface area contributed by atoms with E-state index in [1.165, 1.54) is 18.2 Å². The van der Waals surface area contributed by atoms with Crippen LogP contribution in [-0.2, 0) is 21.4 Å². The van der Waals surface area contributed by atoms with Crippen LogP contribution in [0.4, 0.5) is 4.39 Å². The highest BCUT2D eigenvalue weighted by Crippen LogP contribution is 2.39. The van der Waals surface area contributed by atoms with Crippen molar-refractivity contribution < 1.29 is 22.3 Å². The molecule has 0 saturated carbocycles. The van der Waals surface area contributed by atoms with Crippen LogP contribution in [-0.4, -0.2) is 37.0 Å². The van der Waals surface area contributed by atoms with Gasteiger partial charge in [0.1, 0.15) is 17.2 Å². The highest BCUT2D eigenvalue weighted by Gasteiger charge is 2.34. The topological polar surface area (TPSA) is 75.7 Å². The third kappa shape index (κ3) is 5.33. The van der Waals surface area contributed by atoms with Crippen LogP contribution in [0.5, 0.6) is 5.75 Å². The number of hydrogen-bond acceptors (Lipinski definition) is 4. The Labute approximate surface area is 170 Å². The van der Waals surface area contributed by atoms with Crippen molar-refractivity contribution in [3.8, 4) is 5.75 Å². The summed E-state index contributed by atoms with van der Waals surface area (Å²) in [5.74, 6) is -0.272. The minimum Gasteiger partial charge on any atom is -0.487 e. The fraction of sp³-hybridized carbons (Fsp3) is 0.381. The largest absolute Gasteiger partial charge is 0.487 e. The number of nitrogens with one attached hydrogen (secondary N) is 1. The second kappa shape index (κ2) is 8.12. The average Bonchev–Trinajstić information content (AvgIpc) is 2.61. The molecule has 0 aliphatic carbocycles. The van der Waals surface area contributed by atoms with E-state index in [1.807, 2.05) is 38.1 Å². The summed E-state index contributed by atoms with van der Waals surface area (Å²) in [4.78, 5) is 12.7. The number of para-hydroxylation sites is 1. The Balaban J connectivity index is 1.76. The Morgan fingerprint density at radius 1 is 1.21 bits per heavy atom. The minimum atomic E-state index is -3.72. The molecule has 1 N–H and O–H groups in total. The standard InChI is InChI=1S/C21H25FN2O4S/c1-21(2)12-18(16-9-5-7-11-19(16)28-21)23-20(25)14-24(29(3,26)27)13-15-8-4-6-10-17(15)22/h4-11,18H,12-14H2,1-3H3,(H,23,25). The van der Waals surface area contributed by atoms with E-state index >= 15 is 0 Å². The Morgan fingerprint density at radius 2 is 1.86 bits per heavy atom. The third-order valence-electron chi connectivity index (χ3n) is 4.81. The number of rotatable bonds is 6. The molecule has 0 aromatic heterocycles. The second-order valence-electron chi connectivity index (χ2n) is 7.85. The van der Waals surface area contributed by atoms with Gasteiger partial charge in [-0.3, -0.25) is 4.79 Å². The van der Waals surface area contributed by atoms with Gasteiger partial charge < -0.3 is 10.1 Å². The number of fused-ring (bicyclic) bond motifs is 1. The molecule has 1 atom stereocenters. The van der Waals surface area contributed by atoms with E-state index in [2.05, 4.69) is 5.32 Å². The molecular formula is C21H25FN2O4S. The predicted molar refractivity (Wildman–Crippen MR) is 108 cm³/mol. The van der Waals surface area contributed by atoms with E-state index in [0.29, 0.717) is 12.2 Å². The molecule has 2 aromatic carbocycles. The van der Waals surface area contributed by atoms with E-state index in [-0.39, 0.29) is 18.2 Å². The Kier molecular flexibility index (Phi) is 5.95. The first kappa shape index (κ1) is 21.3. The van der Waals surface area contributed by atoms with E-state index in [9.17, 15) is 17.6 Å². The van der Waals surface area contributed by atoms with Crippen LogP contribution in [0, 0.1) is 5.82 Å². The van der Waals surface area contributed by atoms with Gasteiger partial charge in [0.15, 0.2) is 0 Å². The number of amides is 1. The minimum absolute atomic E-state index is 0.211. The Hall–Kier alpha value is -2.45. The van der Waals surface area contributed by atoms with Crippen LogP contribution in [0.1, 0.15) is 37.4 Å². The van der Waals surface area contributed by atoms with Gasteiger partial charge in [-0.25, -0.2) is 12.8 Å². The van der Waals surface area contributed by atoms with Crippen LogP contribution in [0.2, 0.25) is 0 Å². The summed E-state index contributed by atoms with van der Waals surface area (Å²) in [6.45, 7) is 3.26. The number of carbonyl (C=O) groups excluding carboxylic acids is 1. The summed E-state index contributed by atoms with van der Waals surface area (Å²) in [5.41, 5.74) is 0.583. The predicted octanol–water partition coefficient (Wildman–Crippen LogP) is 3.01. The monoisotopic (exact) mass is 420 g/mol. The molecule has 0 saturated heterocycles. The van der Waals surface area contributed by atoms with Gasteiger partial charge in [0.25, 0.3) is 0 Å². The van der Waals surface area contributed by atoms with Crippen molar-refractivity contribution in [3.63, 3.8) is 0 Å². The summed E-state index contributed by atoms with van der Waals surface area (Å²) < 4.78 is 45.3. The van der Waals surface area contributed by atoms with Crippen molar-refractivity contribution in [3.05, 3.63) is 65.5 Å². The van der Waals surface area contributed by atoms with Gasteiger partial charge in [0, 0.05) is 24.1 Å². The first-order valence-corrected chi connectivity index (χ1v) is 11.2. The highest BCUT2D eigenvalue weighted by molar-refractivity contribution is 7.88. The Morgan fingerprint density at radius 3 is 2.55 bits per heavy atom. The summed E-state index contributed by atoms with van der Waals surface area (Å²) in [6.07, 6.45) is 1.55. The van der Waals surface area contributed by atoms with Gasteiger partial charge in [-0.1, -0.05) is 36.4 Å². The smallest absolute Gasteiger partial charge is 0.235 e. The molecule has 1 aliphatic rings. The lowest BCUT2D eigenvalue weighted by atomic mass is 9.89. The molecule has 8 heteroatoms. The van der Waals surface area contributed by atoms with Crippen LogP contribution < -0.4 is 10.1 Å². The number of nitrogens with zero attached hydrogens (tertiary/aromatic N) is 1. The Bertz CT molecular complexity index is 1010. The van der Waals surface area contributed by atoms with Gasteiger partial charge >= 0.3 is 0 Å². The SMILES string of the molecule is CC1(C)CC(NC(=O)CN(Cc2ccccc2F)S(C)(=O)=O)c2ccccc2O1. The summed E-state index contributed by atoms with van der Waals surface area (Å²) in [7, 11) is -3.72. The quantitative estimate of drug-likeness (QED) is 0.780. The highest BCUT2D eigenvalue weighted by atomic mass is 32.2. The maximum absolute atomic E-state index is 14.0. The van der Waals surface area contributed by atoms with Gasteiger partial charge in [-0.2, -0.15) is 4.31 Å². The lowest BCUT2D eigenvalue weighted by molar-refractivity contribution is -0.122. The molecule has 0 radical (unpaired) electrons. The maximum Gasteiger partial charge on any atom is 0.235 e. The van der Waals surface area contributed by atoms with Crippen molar-refractivity contribution >= 4 is 15.9 Å². The van der Waals surface area contributed by atoms with Crippen molar-refractivity contribution in [2.45, 2.75) is 38.5 Å². The van der Waals surface area contributed by atoms with Gasteiger partial charge in [-0.05, 0) is 26.0 Å². The van der Waals surface area contributed by atoms with E-state index in [4.69, 9.17) is 4.74 Å². The lowest BCUT2D eigenvalue weighted by Gasteiger charge is -2.38. The number of sulfonamides is 1. The van der Waals surface area contributed by atoms with Crippen molar-refractivity contribution in [1.82, 2.24) is 9.62 Å². The number of hydrogen-bond donors (Lipinski definition) is 1. The molecule has 1 unspecified atom stereocenters. The molecule has 6 nitrogen and oxygen atoms in total. The molecule has 29 heavy (non-hydrogen) atoms. The lowest BCUT2D eigenvalue weighted by Crippen LogP contribution is -2.45. The van der Waals surface area contributed by atoms with Crippen molar-refractivity contribution in [2.24, 2.45) is 0 Å². The van der Waals surface area contributed by atoms with Gasteiger partial charge in [0.05, 0.1) is 18.8 Å². The zero-order valence-electron chi connectivity index (χ0n) is 16.7. The zero-order valence-corrected chi connectivity index (χ0v) is 17.5. The molecule has 2 aromatic rings. The fourth-order valence-corrected chi connectivity index (χ4v) is 4.16. The average molecular weight is 421 g/mol. The number of ether oxygens (including phenoxy) is 1. The fourth-order valence-electron chi connectivity index (χ4n) is 3.44. The summed E-state index contributed by atoms with van der Waals surface area (Å²) in [6, 6.07) is 13.1. The van der Waals surface area contributed by atoms with E-state index in [1.54, 1.807) is 6.07 Å². The van der Waals surface area contributed by atoms with Crippen LogP contribution in [0.3, 0.4) is 0 Å². The first-order chi connectivity index (χ1) is 13.5. The summed E-state index contributed by atoms with van der Waals surface area (Å²) >= 11 is 0. The molecular weight excluding hydrogens is 395 g/mol. The number of benzene rings is 2. The van der Waals surface area contributed by atoms with Crippen LogP contribution in [0.15, 0.2) is 48.5 Å². The molecule has 1 heterocycles. The number of carbonyl (C=O) groups is 1. The third-order valence-corrected chi connectivity index (χ3v) is 6.00. The van der Waals surface area contributed by atoms with Gasteiger partial charge in [0.2, 0.25) is 15.9 Å². The van der Waals surface area contributed by atoms with Gasteiger partial charge in [-0.15, -0.1) is 0 Å². The van der Waals surface area contributed by atoms with E-state index in [0.717, 1.165) is 16.1 Å². The van der Waals surface area contributed by atoms with E-state index < -0.39 is 33.9 Å². The molecule has 0 bridgehead atoms. The molecule has 0 fully saturated rings. The number of halogens is 1. The molecule has 1 amide bonds. The van der Waals surface area contributed by atoms with Crippen LogP contribution in [0.25, 0.3) is 0 Å². The molecule has 1 aliphatic heterocycles. The molecule has 3 rings (SSSR count). The summed E-state index contributed by atoms with van der Waals surface area (Å²) in [5, 5.41) is 2.91. The van der Waals surface area contributed by atoms with Crippen LogP contribution >= 0.6 is 0 Å². The second-order valence-corrected chi connectivity index (χ2v) is 9.83. The van der Waals surface area contributed by atoms with Crippen molar-refractivity contribution in [2.75, 3.05) is 12.8 Å². The molecule has 156 valence electrons. The van der Waals surface area contributed by atoms with Crippen molar-refractivity contribution in [1.29, 1.82) is 0 Å². The normalized spacial score (nSPS) is 18.0. The first-order valence-electron chi connectivity index (χ1n) is 9.31. The maximum atomic E-state index is 14.0. The molecule has 0 spiro atoms. The zero-order chi connectivity index (χ0) is 21.2.